The van der Waals surface area contributed by atoms with Crippen LogP contribution in [-0.2, 0) is 17.8 Å². The van der Waals surface area contributed by atoms with Crippen molar-refractivity contribution >= 4 is 45.3 Å². The van der Waals surface area contributed by atoms with Crippen molar-refractivity contribution in [1.29, 1.82) is 0 Å². The van der Waals surface area contributed by atoms with Crippen molar-refractivity contribution in [2.75, 3.05) is 12.4 Å². The van der Waals surface area contributed by atoms with E-state index in [9.17, 15) is 14.4 Å². The predicted octanol–water partition coefficient (Wildman–Crippen LogP) is 4.13. The number of anilines is 1. The van der Waals surface area contributed by atoms with Gasteiger partial charge in [-0.1, -0.05) is 36.4 Å². The van der Waals surface area contributed by atoms with E-state index in [2.05, 4.69) is 15.6 Å². The molecule has 10 heteroatoms. The molecule has 2 aromatic carbocycles. The Hall–Kier alpha value is -4.12. The molecule has 0 fully saturated rings. The predicted molar refractivity (Wildman–Crippen MR) is 142 cm³/mol. The minimum atomic E-state index is -0.532. The minimum absolute atomic E-state index is 0.00552. The van der Waals surface area contributed by atoms with Crippen LogP contribution in [0.3, 0.4) is 0 Å². The third-order valence-electron chi connectivity index (χ3n) is 4.59. The summed E-state index contributed by atoms with van der Waals surface area (Å²) >= 11 is 1.45. The van der Waals surface area contributed by atoms with Gasteiger partial charge in [0.15, 0.2) is 6.29 Å². The molecule has 0 aliphatic carbocycles. The Labute approximate surface area is 213 Å². The average Bonchev–Trinajstić information content (AvgIpc) is 3.31. The first-order valence-corrected chi connectivity index (χ1v) is 11.8. The molecule has 0 aliphatic heterocycles. The molecule has 4 aromatic rings. The number of primary amides is 1. The molecule has 0 atom stereocenters. The van der Waals surface area contributed by atoms with Crippen molar-refractivity contribution < 1.29 is 19.6 Å². The number of thiophene rings is 1. The van der Waals surface area contributed by atoms with Crippen LogP contribution in [0.5, 0.6) is 0 Å². The van der Waals surface area contributed by atoms with E-state index in [1.54, 1.807) is 11.7 Å². The zero-order chi connectivity index (χ0) is 26.2. The van der Waals surface area contributed by atoms with Crippen LogP contribution >= 0.6 is 11.3 Å². The molecule has 0 spiro atoms. The lowest BCUT2D eigenvalue weighted by Crippen LogP contribution is -2.28. The summed E-state index contributed by atoms with van der Waals surface area (Å²) in [7, 11) is 1.43. The summed E-state index contributed by atoms with van der Waals surface area (Å²) in [4.78, 5) is 37.8. The number of nitrogens with one attached hydrogen (secondary N) is 3. The van der Waals surface area contributed by atoms with E-state index in [1.807, 2.05) is 72.8 Å². The molecular formula is C26H29N5O4S. The number of hydrogen-bond donors (Lipinski definition) is 5. The molecule has 2 aromatic heterocycles. The molecule has 0 bridgehead atoms. The van der Waals surface area contributed by atoms with Gasteiger partial charge in [-0.2, -0.15) is 0 Å². The van der Waals surface area contributed by atoms with Gasteiger partial charge in [-0.3, -0.25) is 14.6 Å². The Morgan fingerprint density at radius 3 is 2.42 bits per heavy atom. The minimum Gasteiger partial charge on any atom is -0.352 e. The van der Waals surface area contributed by atoms with Crippen LogP contribution in [0.2, 0.25) is 0 Å². The van der Waals surface area contributed by atoms with Crippen LogP contribution < -0.4 is 21.8 Å². The van der Waals surface area contributed by atoms with Gasteiger partial charge >= 0.3 is 6.03 Å². The first-order valence-electron chi connectivity index (χ1n) is 11.0. The third-order valence-corrected chi connectivity index (χ3v) is 5.63. The van der Waals surface area contributed by atoms with Crippen molar-refractivity contribution in [3.8, 4) is 0 Å². The molecule has 36 heavy (non-hydrogen) atoms. The van der Waals surface area contributed by atoms with Gasteiger partial charge in [-0.05, 0) is 53.8 Å². The highest BCUT2D eigenvalue weighted by atomic mass is 32.1. The van der Waals surface area contributed by atoms with Gasteiger partial charge in [0.05, 0.1) is 17.1 Å². The Balaban J connectivity index is 0.000000273. The molecule has 0 radical (unpaired) electrons. The number of nitrogens with zero attached hydrogens (tertiary/aromatic N) is 1. The summed E-state index contributed by atoms with van der Waals surface area (Å²) in [6, 6.07) is 22.4. The highest BCUT2D eigenvalue weighted by molar-refractivity contribution is 7.20. The number of aromatic nitrogens is 1. The molecule has 2 heterocycles. The molecular weight excluding hydrogens is 478 g/mol. The first kappa shape index (κ1) is 28.1. The summed E-state index contributed by atoms with van der Waals surface area (Å²) in [5, 5.41) is 13.6. The van der Waals surface area contributed by atoms with Gasteiger partial charge in [0.25, 0.3) is 0 Å². The lowest BCUT2D eigenvalue weighted by atomic mass is 10.1. The maximum atomic E-state index is 12.0. The number of benzene rings is 2. The van der Waals surface area contributed by atoms with Crippen molar-refractivity contribution in [1.82, 2.24) is 15.8 Å². The van der Waals surface area contributed by atoms with Gasteiger partial charge < -0.3 is 21.6 Å². The van der Waals surface area contributed by atoms with Crippen LogP contribution in [-0.4, -0.2) is 35.5 Å². The summed E-state index contributed by atoms with van der Waals surface area (Å²) in [5.74, 6) is -0.00552. The average molecular weight is 508 g/mol. The lowest BCUT2D eigenvalue weighted by molar-refractivity contribution is -0.116. The molecule has 0 saturated heterocycles. The van der Waals surface area contributed by atoms with Gasteiger partial charge in [-0.25, -0.2) is 10.3 Å². The van der Waals surface area contributed by atoms with E-state index >= 15 is 0 Å². The number of pyridine rings is 1. The number of amides is 3. The fraction of sp³-hybridized carbons (Fsp3) is 0.154. The summed E-state index contributed by atoms with van der Waals surface area (Å²) < 4.78 is 1.05. The summed E-state index contributed by atoms with van der Waals surface area (Å²) in [6.07, 6.45) is 3.69. The Bertz CT molecular complexity index is 1230. The molecule has 4 rings (SSSR count). The Morgan fingerprint density at radius 2 is 1.78 bits per heavy atom. The Morgan fingerprint density at radius 1 is 1.06 bits per heavy atom. The SMILES string of the molecule is CNO.NC(=O)NCc1ccccn1.O=Cc1cc2cc(NC(=O)CCc3ccccc3)ccc2s1. The maximum absolute atomic E-state index is 12.0. The number of urea groups is 1. The van der Waals surface area contributed by atoms with Crippen molar-refractivity contribution in [3.05, 3.63) is 95.1 Å². The van der Waals surface area contributed by atoms with E-state index in [4.69, 9.17) is 10.9 Å². The zero-order valence-electron chi connectivity index (χ0n) is 19.8. The topological polar surface area (TPSA) is 146 Å². The molecule has 3 amide bonds. The van der Waals surface area contributed by atoms with E-state index in [0.29, 0.717) is 17.8 Å². The second kappa shape index (κ2) is 15.7. The molecule has 188 valence electrons. The molecule has 0 unspecified atom stereocenters. The fourth-order valence-corrected chi connectivity index (χ4v) is 3.87. The van der Waals surface area contributed by atoms with Crippen molar-refractivity contribution in [2.45, 2.75) is 19.4 Å². The number of aldehydes is 1. The number of nitrogens with two attached hydrogens (primary N) is 1. The largest absolute Gasteiger partial charge is 0.352 e. The van der Waals surface area contributed by atoms with Gasteiger partial charge in [0.2, 0.25) is 5.91 Å². The van der Waals surface area contributed by atoms with Crippen molar-refractivity contribution in [3.63, 3.8) is 0 Å². The highest BCUT2D eigenvalue weighted by Gasteiger charge is 2.06. The number of fused-ring (bicyclic) bond motifs is 1. The first-order chi connectivity index (χ1) is 17.4. The van der Waals surface area contributed by atoms with Crippen molar-refractivity contribution in [2.24, 2.45) is 5.73 Å². The standard InChI is InChI=1S/C18H15NO2S.C7H9N3O.CH5NO/c20-12-16-11-14-10-15(7-8-17(14)22-16)19-18(21)9-6-13-4-2-1-3-5-13;8-7(11)10-5-6-3-1-2-4-9-6;1-2-3/h1-5,7-8,10-12H,6,9H2,(H,19,21);1-4H,5H2,(H3,8,10,11);2-3H,1H3. The smallest absolute Gasteiger partial charge is 0.312 e. The van der Waals surface area contributed by atoms with Crippen LogP contribution in [0.1, 0.15) is 27.3 Å². The van der Waals surface area contributed by atoms with E-state index < -0.39 is 6.03 Å². The number of carbonyl (C=O) groups excluding carboxylic acids is 3. The van der Waals surface area contributed by atoms with E-state index in [0.717, 1.165) is 39.7 Å². The zero-order valence-corrected chi connectivity index (χ0v) is 20.6. The number of hydrogen-bond acceptors (Lipinski definition) is 7. The van der Waals surface area contributed by atoms with Crippen LogP contribution in [0.25, 0.3) is 10.1 Å². The number of carbonyl (C=O) groups is 3. The number of rotatable bonds is 7. The lowest BCUT2D eigenvalue weighted by Gasteiger charge is -2.05. The maximum Gasteiger partial charge on any atom is 0.312 e. The summed E-state index contributed by atoms with van der Waals surface area (Å²) in [6.45, 7) is 0.385. The van der Waals surface area contributed by atoms with Crippen LogP contribution in [0, 0.1) is 0 Å². The normalized spacial score (nSPS) is 9.72. The van der Waals surface area contributed by atoms with Gasteiger partial charge in [-0.15, -0.1) is 11.3 Å². The molecule has 0 aliphatic rings. The van der Waals surface area contributed by atoms with E-state index in [1.165, 1.54) is 18.4 Å². The monoisotopic (exact) mass is 507 g/mol. The molecule has 9 nitrogen and oxygen atoms in total. The van der Waals surface area contributed by atoms with E-state index in [-0.39, 0.29) is 5.91 Å². The number of aryl methyl sites for hydroxylation is 1. The number of hydroxylamine groups is 1. The van der Waals surface area contributed by atoms with Gasteiger partial charge in [0, 0.05) is 30.1 Å². The second-order valence-corrected chi connectivity index (χ2v) is 8.43. The van der Waals surface area contributed by atoms with Crippen LogP contribution in [0.15, 0.2) is 79.0 Å². The van der Waals surface area contributed by atoms with Gasteiger partial charge in [0.1, 0.15) is 0 Å². The highest BCUT2D eigenvalue weighted by Crippen LogP contribution is 2.27. The second-order valence-electron chi connectivity index (χ2n) is 7.32. The Kier molecular flexibility index (Phi) is 12.3. The molecule has 6 N–H and O–H groups in total. The fourth-order valence-electron chi connectivity index (χ4n) is 3.01. The molecule has 0 saturated carbocycles. The third kappa shape index (κ3) is 10.4. The van der Waals surface area contributed by atoms with Crippen LogP contribution in [0.4, 0.5) is 10.5 Å². The quantitative estimate of drug-likeness (QED) is 0.188. The summed E-state index contributed by atoms with van der Waals surface area (Å²) in [5.41, 5.74) is 9.33.